The maximum Gasteiger partial charge on any atom is 0.243 e. The first-order chi connectivity index (χ1) is 10.2. The van der Waals surface area contributed by atoms with Crippen molar-refractivity contribution in [2.75, 3.05) is 62.2 Å². The van der Waals surface area contributed by atoms with Crippen molar-refractivity contribution in [2.45, 2.75) is 6.92 Å². The summed E-state index contributed by atoms with van der Waals surface area (Å²) in [7, 11) is 1.69. The number of anilines is 3. The van der Waals surface area contributed by atoms with Gasteiger partial charge in [-0.1, -0.05) is 6.92 Å². The fraction of sp³-hybridized carbons (Fsp3) is 0.750. The van der Waals surface area contributed by atoms with Gasteiger partial charge in [0.05, 0.1) is 19.8 Å². The van der Waals surface area contributed by atoms with E-state index >= 15 is 0 Å². The molecule has 0 bridgehead atoms. The van der Waals surface area contributed by atoms with Crippen LogP contribution in [0.25, 0.3) is 0 Å². The molecule has 0 aliphatic carbocycles. The first-order valence-electron chi connectivity index (χ1n) is 7.01. The van der Waals surface area contributed by atoms with Crippen LogP contribution in [0, 0.1) is 5.92 Å². The van der Waals surface area contributed by atoms with Gasteiger partial charge >= 0.3 is 0 Å². The molecule has 0 amide bonds. The molecule has 1 unspecified atom stereocenters. The molecule has 1 fully saturated rings. The molecule has 0 saturated carbocycles. The van der Waals surface area contributed by atoms with Crippen LogP contribution in [0.2, 0.25) is 0 Å². The third-order valence-corrected chi connectivity index (χ3v) is 3.11. The quantitative estimate of drug-likeness (QED) is 0.461. The molecule has 4 N–H and O–H groups in total. The van der Waals surface area contributed by atoms with Crippen LogP contribution in [-0.4, -0.2) is 61.5 Å². The van der Waals surface area contributed by atoms with E-state index in [0.717, 1.165) is 13.1 Å². The van der Waals surface area contributed by atoms with E-state index in [4.69, 9.17) is 15.3 Å². The van der Waals surface area contributed by atoms with Crippen molar-refractivity contribution in [1.29, 1.82) is 0 Å². The predicted octanol–water partition coefficient (Wildman–Crippen LogP) is -0.312. The van der Waals surface area contributed by atoms with Crippen LogP contribution in [0.4, 0.5) is 17.8 Å². The van der Waals surface area contributed by atoms with Gasteiger partial charge in [-0.2, -0.15) is 15.0 Å². The second-order valence-corrected chi connectivity index (χ2v) is 4.97. The third kappa shape index (κ3) is 4.66. The van der Waals surface area contributed by atoms with Crippen LogP contribution < -0.4 is 21.5 Å². The van der Waals surface area contributed by atoms with Crippen molar-refractivity contribution in [3.05, 3.63) is 0 Å². The molecule has 1 saturated heterocycles. The van der Waals surface area contributed by atoms with Crippen molar-refractivity contribution in [3.8, 4) is 0 Å². The molecular weight excluding hydrogens is 274 g/mol. The van der Waals surface area contributed by atoms with E-state index in [2.05, 4.69) is 37.5 Å². The van der Waals surface area contributed by atoms with Crippen molar-refractivity contribution in [3.63, 3.8) is 0 Å². The topological polar surface area (TPSA) is 110 Å². The summed E-state index contributed by atoms with van der Waals surface area (Å²) >= 11 is 0. The smallest absolute Gasteiger partial charge is 0.243 e. The maximum atomic E-state index is 5.43. The highest BCUT2D eigenvalue weighted by Crippen LogP contribution is 2.14. The largest absolute Gasteiger partial charge is 0.384 e. The second kappa shape index (κ2) is 7.91. The zero-order valence-corrected chi connectivity index (χ0v) is 12.5. The van der Waals surface area contributed by atoms with Gasteiger partial charge in [0, 0.05) is 26.7 Å². The Balaban J connectivity index is 2.05. The minimum Gasteiger partial charge on any atom is -0.384 e. The molecule has 2 heterocycles. The molecular formula is C12H23N7O2. The SMILES string of the molecule is COCC(C)CNc1nc(NN)nc(N2CCOCC2)n1. The molecule has 0 radical (unpaired) electrons. The number of methoxy groups -OCH3 is 1. The zero-order valence-electron chi connectivity index (χ0n) is 12.5. The van der Waals surface area contributed by atoms with Crippen LogP contribution >= 0.6 is 0 Å². The minimum atomic E-state index is 0.341. The molecule has 2 rings (SSSR count). The first-order valence-corrected chi connectivity index (χ1v) is 7.01. The van der Waals surface area contributed by atoms with E-state index in [0.29, 0.717) is 50.1 Å². The number of nitrogens with one attached hydrogen (secondary N) is 2. The second-order valence-electron chi connectivity index (χ2n) is 4.97. The number of hydrazine groups is 1. The van der Waals surface area contributed by atoms with Gasteiger partial charge in [0.15, 0.2) is 0 Å². The number of rotatable bonds is 7. The summed E-state index contributed by atoms with van der Waals surface area (Å²) in [6.45, 7) is 6.33. The average molecular weight is 297 g/mol. The fourth-order valence-electron chi connectivity index (χ4n) is 2.02. The Bertz CT molecular complexity index is 440. The summed E-state index contributed by atoms with van der Waals surface area (Å²) in [5, 5.41) is 3.19. The normalized spacial score (nSPS) is 16.6. The standard InChI is InChI=1S/C12H23N7O2/c1-9(8-20-2)7-14-10-15-11(18-13)17-12(16-10)19-3-5-21-6-4-19/h9H,3-8,13H2,1-2H3,(H2,14,15,16,17,18). The summed E-state index contributed by atoms with van der Waals surface area (Å²) in [5.74, 6) is 7.23. The van der Waals surface area contributed by atoms with Crippen LogP contribution in [0.3, 0.4) is 0 Å². The number of hydrogen-bond acceptors (Lipinski definition) is 9. The molecule has 1 atom stereocenters. The molecule has 9 heteroatoms. The molecule has 118 valence electrons. The highest BCUT2D eigenvalue weighted by molar-refractivity contribution is 5.43. The summed E-state index contributed by atoms with van der Waals surface area (Å²) in [5.41, 5.74) is 2.47. The number of aromatic nitrogens is 3. The van der Waals surface area contributed by atoms with E-state index in [-0.39, 0.29) is 0 Å². The van der Waals surface area contributed by atoms with E-state index in [1.54, 1.807) is 7.11 Å². The predicted molar refractivity (Wildman–Crippen MR) is 80.2 cm³/mol. The Morgan fingerprint density at radius 2 is 2.00 bits per heavy atom. The maximum absolute atomic E-state index is 5.43. The Morgan fingerprint density at radius 1 is 1.29 bits per heavy atom. The molecule has 1 aliphatic heterocycles. The Kier molecular flexibility index (Phi) is 5.90. The van der Waals surface area contributed by atoms with E-state index < -0.39 is 0 Å². The lowest BCUT2D eigenvalue weighted by molar-refractivity contribution is 0.122. The highest BCUT2D eigenvalue weighted by atomic mass is 16.5. The lowest BCUT2D eigenvalue weighted by atomic mass is 10.2. The number of nitrogens with two attached hydrogens (primary N) is 1. The summed E-state index contributed by atoms with van der Waals surface area (Å²) in [6.07, 6.45) is 0. The summed E-state index contributed by atoms with van der Waals surface area (Å²) < 4.78 is 10.4. The van der Waals surface area contributed by atoms with Crippen LogP contribution in [0.15, 0.2) is 0 Å². The zero-order chi connectivity index (χ0) is 15.1. The molecule has 1 aromatic rings. The molecule has 0 spiro atoms. The Hall–Kier alpha value is -1.71. The molecule has 9 nitrogen and oxygen atoms in total. The molecule has 21 heavy (non-hydrogen) atoms. The van der Waals surface area contributed by atoms with Gasteiger partial charge in [-0.15, -0.1) is 0 Å². The van der Waals surface area contributed by atoms with Crippen molar-refractivity contribution in [1.82, 2.24) is 15.0 Å². The fourth-order valence-corrected chi connectivity index (χ4v) is 2.02. The van der Waals surface area contributed by atoms with Gasteiger partial charge < -0.3 is 19.7 Å². The average Bonchev–Trinajstić information content (AvgIpc) is 2.54. The van der Waals surface area contributed by atoms with E-state index in [1.165, 1.54) is 0 Å². The third-order valence-electron chi connectivity index (χ3n) is 3.11. The molecule has 1 aromatic heterocycles. The highest BCUT2D eigenvalue weighted by Gasteiger charge is 2.16. The number of nitrogen functional groups attached to an aromatic ring is 1. The number of morpholine rings is 1. The number of hydrogen-bond donors (Lipinski definition) is 3. The van der Waals surface area contributed by atoms with Crippen LogP contribution in [-0.2, 0) is 9.47 Å². The van der Waals surface area contributed by atoms with Gasteiger partial charge in [-0.25, -0.2) is 5.84 Å². The monoisotopic (exact) mass is 297 g/mol. The number of nitrogens with zero attached hydrogens (tertiary/aromatic N) is 4. The van der Waals surface area contributed by atoms with Gasteiger partial charge in [0.2, 0.25) is 17.8 Å². The van der Waals surface area contributed by atoms with Crippen molar-refractivity contribution < 1.29 is 9.47 Å². The molecule has 0 aromatic carbocycles. The van der Waals surface area contributed by atoms with Gasteiger partial charge in [0.1, 0.15) is 0 Å². The Labute approximate surface area is 124 Å². The lowest BCUT2D eigenvalue weighted by Crippen LogP contribution is -2.37. The summed E-state index contributed by atoms with van der Waals surface area (Å²) in [6, 6.07) is 0. The van der Waals surface area contributed by atoms with E-state index in [1.807, 2.05) is 0 Å². The van der Waals surface area contributed by atoms with Crippen molar-refractivity contribution >= 4 is 17.8 Å². The van der Waals surface area contributed by atoms with Crippen molar-refractivity contribution in [2.24, 2.45) is 11.8 Å². The minimum absolute atomic E-state index is 0.341. The first kappa shape index (κ1) is 15.7. The van der Waals surface area contributed by atoms with E-state index in [9.17, 15) is 0 Å². The van der Waals surface area contributed by atoms with Gasteiger partial charge in [0.25, 0.3) is 0 Å². The van der Waals surface area contributed by atoms with Gasteiger partial charge in [-0.3, -0.25) is 5.43 Å². The van der Waals surface area contributed by atoms with Crippen LogP contribution in [0.1, 0.15) is 6.92 Å². The Morgan fingerprint density at radius 3 is 2.67 bits per heavy atom. The van der Waals surface area contributed by atoms with Crippen LogP contribution in [0.5, 0.6) is 0 Å². The molecule has 1 aliphatic rings. The number of ether oxygens (including phenoxy) is 2. The van der Waals surface area contributed by atoms with Gasteiger partial charge in [-0.05, 0) is 5.92 Å². The summed E-state index contributed by atoms with van der Waals surface area (Å²) in [4.78, 5) is 15.0. The lowest BCUT2D eigenvalue weighted by Gasteiger charge is -2.27.